The fourth-order valence-corrected chi connectivity index (χ4v) is 1.21. The van der Waals surface area contributed by atoms with Gasteiger partial charge in [-0.05, 0) is 0 Å². The molecule has 1 heterocycles. The topological polar surface area (TPSA) is 116 Å². The minimum absolute atomic E-state index is 0.167. The SMILES string of the molecule is CN(c1[nH]nnc1C(=O)O)S(C)(=O)=O. The standard InChI is InChI=1S/C5H8N4O4S/c1-9(14(2,12)13)4-3(5(10)11)6-8-7-4/h1-2H3,(H,10,11)(H,6,7,8). The van der Waals surface area contributed by atoms with Crippen LogP contribution in [0.2, 0.25) is 0 Å². The quantitative estimate of drug-likeness (QED) is 0.667. The smallest absolute Gasteiger partial charge is 0.360 e. The minimum atomic E-state index is -3.52. The van der Waals surface area contributed by atoms with E-state index in [0.29, 0.717) is 0 Å². The molecule has 78 valence electrons. The van der Waals surface area contributed by atoms with E-state index in [-0.39, 0.29) is 5.82 Å². The molecule has 0 amide bonds. The molecular formula is C5H8N4O4S. The fourth-order valence-electron chi connectivity index (χ4n) is 0.752. The molecule has 0 aliphatic carbocycles. The summed E-state index contributed by atoms with van der Waals surface area (Å²) in [6.07, 6.45) is 0.944. The van der Waals surface area contributed by atoms with Crippen LogP contribution in [0.4, 0.5) is 5.82 Å². The second kappa shape index (κ2) is 3.25. The maximum atomic E-state index is 11.1. The van der Waals surface area contributed by atoms with Crippen molar-refractivity contribution in [2.24, 2.45) is 0 Å². The highest BCUT2D eigenvalue weighted by molar-refractivity contribution is 7.92. The van der Waals surface area contributed by atoms with Crippen molar-refractivity contribution in [2.45, 2.75) is 0 Å². The van der Waals surface area contributed by atoms with Crippen molar-refractivity contribution in [1.29, 1.82) is 0 Å². The highest BCUT2D eigenvalue weighted by Gasteiger charge is 2.22. The predicted molar refractivity (Wildman–Crippen MR) is 46.6 cm³/mol. The zero-order chi connectivity index (χ0) is 10.9. The zero-order valence-corrected chi connectivity index (χ0v) is 8.24. The molecule has 0 aromatic carbocycles. The molecule has 0 saturated heterocycles. The third-order valence-electron chi connectivity index (χ3n) is 1.55. The van der Waals surface area contributed by atoms with Crippen LogP contribution in [0.15, 0.2) is 0 Å². The van der Waals surface area contributed by atoms with Gasteiger partial charge in [0.15, 0.2) is 5.82 Å². The number of carboxylic acid groups (broad SMARTS) is 1. The fraction of sp³-hybridized carbons (Fsp3) is 0.400. The van der Waals surface area contributed by atoms with Gasteiger partial charge in [0.2, 0.25) is 15.7 Å². The largest absolute Gasteiger partial charge is 0.476 e. The van der Waals surface area contributed by atoms with Crippen LogP contribution in [0, 0.1) is 0 Å². The Morgan fingerprint density at radius 2 is 2.14 bits per heavy atom. The number of nitrogens with one attached hydrogen (secondary N) is 1. The van der Waals surface area contributed by atoms with Crippen LogP contribution in [0.5, 0.6) is 0 Å². The van der Waals surface area contributed by atoms with Crippen molar-refractivity contribution in [1.82, 2.24) is 15.4 Å². The lowest BCUT2D eigenvalue weighted by molar-refractivity contribution is 0.0691. The van der Waals surface area contributed by atoms with Crippen molar-refractivity contribution >= 4 is 21.8 Å². The third kappa shape index (κ3) is 1.82. The average Bonchev–Trinajstić information content (AvgIpc) is 2.48. The maximum absolute atomic E-state index is 11.1. The van der Waals surface area contributed by atoms with E-state index in [1.807, 2.05) is 0 Å². The van der Waals surface area contributed by atoms with Crippen molar-refractivity contribution in [3.8, 4) is 0 Å². The molecule has 8 nitrogen and oxygen atoms in total. The summed E-state index contributed by atoms with van der Waals surface area (Å²) in [5.41, 5.74) is -0.432. The first-order valence-electron chi connectivity index (χ1n) is 3.42. The highest BCUT2D eigenvalue weighted by atomic mass is 32.2. The molecule has 0 fully saturated rings. The number of rotatable bonds is 3. The van der Waals surface area contributed by atoms with Crippen LogP contribution in [-0.2, 0) is 10.0 Å². The summed E-state index contributed by atoms with van der Waals surface area (Å²) >= 11 is 0. The number of carboxylic acids is 1. The van der Waals surface area contributed by atoms with Crippen LogP contribution in [0.1, 0.15) is 10.5 Å². The Morgan fingerprint density at radius 3 is 2.57 bits per heavy atom. The molecule has 0 atom stereocenters. The monoisotopic (exact) mass is 220 g/mol. The van der Waals surface area contributed by atoms with E-state index in [0.717, 1.165) is 10.6 Å². The first-order valence-corrected chi connectivity index (χ1v) is 5.27. The number of aromatic carboxylic acids is 1. The van der Waals surface area contributed by atoms with Crippen molar-refractivity contribution in [3.63, 3.8) is 0 Å². The van der Waals surface area contributed by atoms with Crippen molar-refractivity contribution in [2.75, 3.05) is 17.6 Å². The molecule has 0 radical (unpaired) electrons. The van der Waals surface area contributed by atoms with E-state index in [1.54, 1.807) is 0 Å². The van der Waals surface area contributed by atoms with Crippen LogP contribution in [0.25, 0.3) is 0 Å². The Bertz CT molecular complexity index is 450. The molecule has 0 unspecified atom stereocenters. The Morgan fingerprint density at radius 1 is 1.57 bits per heavy atom. The van der Waals surface area contributed by atoms with Gasteiger partial charge in [-0.1, -0.05) is 5.21 Å². The molecule has 0 aliphatic heterocycles. The number of aromatic nitrogens is 3. The van der Waals surface area contributed by atoms with Gasteiger partial charge < -0.3 is 5.11 Å². The number of hydrogen-bond donors (Lipinski definition) is 2. The highest BCUT2D eigenvalue weighted by Crippen LogP contribution is 2.14. The van der Waals surface area contributed by atoms with Gasteiger partial charge in [-0.3, -0.25) is 4.31 Å². The second-order valence-corrected chi connectivity index (χ2v) is 4.56. The molecule has 0 aliphatic rings. The summed E-state index contributed by atoms with van der Waals surface area (Å²) in [5, 5.41) is 17.3. The molecule has 1 rings (SSSR count). The van der Waals surface area contributed by atoms with Gasteiger partial charge in [-0.2, -0.15) is 0 Å². The van der Waals surface area contributed by atoms with E-state index in [9.17, 15) is 13.2 Å². The second-order valence-electron chi connectivity index (χ2n) is 2.54. The molecule has 0 spiro atoms. The van der Waals surface area contributed by atoms with Gasteiger partial charge in [0.25, 0.3) is 0 Å². The molecule has 0 bridgehead atoms. The van der Waals surface area contributed by atoms with E-state index < -0.39 is 21.7 Å². The summed E-state index contributed by atoms with van der Waals surface area (Å²) in [5.74, 6) is -1.51. The summed E-state index contributed by atoms with van der Waals surface area (Å²) in [4.78, 5) is 10.6. The Kier molecular flexibility index (Phi) is 2.43. The molecule has 2 N–H and O–H groups in total. The number of carbonyl (C=O) groups is 1. The molecule has 1 aromatic rings. The Hall–Kier alpha value is -1.64. The van der Waals surface area contributed by atoms with E-state index in [4.69, 9.17) is 5.11 Å². The van der Waals surface area contributed by atoms with Gasteiger partial charge in [0.05, 0.1) is 6.26 Å². The number of H-pyrrole nitrogens is 1. The lowest BCUT2D eigenvalue weighted by Gasteiger charge is -2.13. The summed E-state index contributed by atoms with van der Waals surface area (Å²) < 4.78 is 22.9. The van der Waals surface area contributed by atoms with Gasteiger partial charge in [-0.25, -0.2) is 18.3 Å². The summed E-state index contributed by atoms with van der Waals surface area (Å²) in [6.45, 7) is 0. The Balaban J connectivity index is 3.20. The number of aromatic amines is 1. The summed E-state index contributed by atoms with van der Waals surface area (Å²) in [7, 11) is -2.32. The van der Waals surface area contributed by atoms with Gasteiger partial charge in [0.1, 0.15) is 0 Å². The predicted octanol–water partition coefficient (Wildman–Crippen LogP) is -1.10. The number of nitrogens with zero attached hydrogens (tertiary/aromatic N) is 3. The number of anilines is 1. The van der Waals surface area contributed by atoms with E-state index in [1.165, 1.54) is 7.05 Å². The van der Waals surface area contributed by atoms with Gasteiger partial charge in [-0.15, -0.1) is 5.10 Å². The molecular weight excluding hydrogens is 212 g/mol. The van der Waals surface area contributed by atoms with E-state index >= 15 is 0 Å². The average molecular weight is 220 g/mol. The van der Waals surface area contributed by atoms with Crippen LogP contribution >= 0.6 is 0 Å². The minimum Gasteiger partial charge on any atom is -0.476 e. The molecule has 9 heteroatoms. The molecule has 0 saturated carbocycles. The third-order valence-corrected chi connectivity index (χ3v) is 2.72. The van der Waals surface area contributed by atoms with Gasteiger partial charge in [0, 0.05) is 7.05 Å². The lowest BCUT2D eigenvalue weighted by Crippen LogP contribution is -2.26. The molecule has 1 aromatic heterocycles. The van der Waals surface area contributed by atoms with Crippen molar-refractivity contribution in [3.05, 3.63) is 5.69 Å². The zero-order valence-electron chi connectivity index (χ0n) is 7.42. The number of hydrogen-bond acceptors (Lipinski definition) is 5. The number of sulfonamides is 1. The molecule has 14 heavy (non-hydrogen) atoms. The van der Waals surface area contributed by atoms with Crippen LogP contribution in [0.3, 0.4) is 0 Å². The summed E-state index contributed by atoms with van der Waals surface area (Å²) in [6, 6.07) is 0. The van der Waals surface area contributed by atoms with Crippen LogP contribution in [-0.4, -0.2) is 48.2 Å². The normalized spacial score (nSPS) is 11.3. The maximum Gasteiger partial charge on any atom is 0.360 e. The first-order chi connectivity index (χ1) is 6.34. The lowest BCUT2D eigenvalue weighted by atomic mass is 10.4. The Labute approximate surface area is 79.6 Å². The first kappa shape index (κ1) is 10.4. The van der Waals surface area contributed by atoms with Crippen LogP contribution < -0.4 is 4.31 Å². The van der Waals surface area contributed by atoms with E-state index in [2.05, 4.69) is 15.4 Å². The van der Waals surface area contributed by atoms with Crippen molar-refractivity contribution < 1.29 is 18.3 Å². The van der Waals surface area contributed by atoms with Gasteiger partial charge >= 0.3 is 5.97 Å².